The van der Waals surface area contributed by atoms with Crippen LogP contribution in [0.15, 0.2) is 35.3 Å². The molecule has 1 aromatic carbocycles. The van der Waals surface area contributed by atoms with Gasteiger partial charge in [0.1, 0.15) is 5.82 Å². The van der Waals surface area contributed by atoms with Gasteiger partial charge in [-0.1, -0.05) is 24.6 Å². The van der Waals surface area contributed by atoms with Gasteiger partial charge >= 0.3 is 6.18 Å². The number of aliphatic imine (C=N–C) groups is 1. The van der Waals surface area contributed by atoms with Crippen LogP contribution in [0, 0.1) is 5.92 Å². The number of alkyl halides is 3. The van der Waals surface area contributed by atoms with Crippen molar-refractivity contribution in [1.82, 2.24) is 15.6 Å². The molecule has 9 heteroatoms. The number of hydrogen-bond donors (Lipinski definition) is 2. The van der Waals surface area contributed by atoms with Crippen molar-refractivity contribution in [2.75, 3.05) is 26.0 Å². The van der Waals surface area contributed by atoms with E-state index in [1.54, 1.807) is 7.05 Å². The van der Waals surface area contributed by atoms with Crippen LogP contribution in [-0.2, 0) is 6.54 Å². The Balaban J connectivity index is 0.00000320. The summed E-state index contributed by atoms with van der Waals surface area (Å²) in [5, 5.41) is 7.47. The summed E-state index contributed by atoms with van der Waals surface area (Å²) in [4.78, 5) is 10.8. The molecule has 0 amide bonds. The van der Waals surface area contributed by atoms with Crippen LogP contribution in [0.25, 0.3) is 10.9 Å². The fourth-order valence-corrected chi connectivity index (χ4v) is 3.79. The summed E-state index contributed by atoms with van der Waals surface area (Å²) < 4.78 is 39.2. The van der Waals surface area contributed by atoms with E-state index in [9.17, 15) is 13.2 Å². The van der Waals surface area contributed by atoms with Crippen LogP contribution >= 0.6 is 24.0 Å². The van der Waals surface area contributed by atoms with E-state index in [1.807, 2.05) is 49.3 Å². The molecule has 1 aromatic heterocycles. The zero-order valence-corrected chi connectivity index (χ0v) is 19.8. The molecule has 1 fully saturated rings. The summed E-state index contributed by atoms with van der Waals surface area (Å²) in [6.07, 6.45) is -2.54. The maximum absolute atomic E-state index is 13.1. The largest absolute Gasteiger partial charge is 0.391 e. The van der Waals surface area contributed by atoms with Gasteiger partial charge in [-0.05, 0) is 37.0 Å². The van der Waals surface area contributed by atoms with Gasteiger partial charge < -0.3 is 15.5 Å². The fraction of sp³-hybridized carbons (Fsp3) is 0.524. The second kappa shape index (κ2) is 10.5. The summed E-state index contributed by atoms with van der Waals surface area (Å²) in [7, 11) is 5.51. The number of para-hydroxylation sites is 1. The molecule has 166 valence electrons. The summed E-state index contributed by atoms with van der Waals surface area (Å²) in [5.74, 6) is 0.132. The molecule has 5 nitrogen and oxygen atoms in total. The average Bonchev–Trinajstić information content (AvgIpc) is 2.70. The van der Waals surface area contributed by atoms with E-state index in [2.05, 4.69) is 20.6 Å². The molecule has 2 N–H and O–H groups in total. The van der Waals surface area contributed by atoms with E-state index >= 15 is 0 Å². The van der Waals surface area contributed by atoms with Crippen molar-refractivity contribution in [2.45, 2.75) is 44.4 Å². The van der Waals surface area contributed by atoms with Gasteiger partial charge in [-0.15, -0.1) is 24.0 Å². The Morgan fingerprint density at radius 2 is 1.97 bits per heavy atom. The predicted octanol–water partition coefficient (Wildman–Crippen LogP) is 4.70. The van der Waals surface area contributed by atoms with Gasteiger partial charge in [-0.3, -0.25) is 4.99 Å². The third-order valence-electron chi connectivity index (χ3n) is 5.39. The van der Waals surface area contributed by atoms with Crippen molar-refractivity contribution in [3.63, 3.8) is 0 Å². The Labute approximate surface area is 192 Å². The van der Waals surface area contributed by atoms with Crippen LogP contribution in [0.1, 0.15) is 31.2 Å². The number of fused-ring (bicyclic) bond motifs is 1. The molecular weight excluding hydrogens is 506 g/mol. The first-order valence-electron chi connectivity index (χ1n) is 9.88. The first-order chi connectivity index (χ1) is 13.8. The minimum atomic E-state index is -4.13. The van der Waals surface area contributed by atoms with Crippen molar-refractivity contribution in [3.05, 3.63) is 35.9 Å². The van der Waals surface area contributed by atoms with Gasteiger partial charge in [-0.2, -0.15) is 13.2 Å². The first kappa shape index (κ1) is 24.5. The Hall–Kier alpha value is -1.78. The first-order valence-corrected chi connectivity index (χ1v) is 9.88. The molecule has 1 saturated carbocycles. The van der Waals surface area contributed by atoms with E-state index < -0.39 is 12.1 Å². The number of halogens is 4. The van der Waals surface area contributed by atoms with E-state index in [1.165, 1.54) is 0 Å². The number of hydrogen-bond acceptors (Lipinski definition) is 3. The van der Waals surface area contributed by atoms with Gasteiger partial charge in [0, 0.05) is 39.1 Å². The van der Waals surface area contributed by atoms with Crippen LogP contribution in [-0.4, -0.2) is 44.3 Å². The van der Waals surface area contributed by atoms with Crippen LogP contribution in [0.4, 0.5) is 19.0 Å². The number of aromatic nitrogens is 1. The van der Waals surface area contributed by atoms with Gasteiger partial charge in [0.15, 0.2) is 5.96 Å². The average molecular weight is 535 g/mol. The van der Waals surface area contributed by atoms with E-state index in [4.69, 9.17) is 0 Å². The Bertz CT molecular complexity index is 869. The molecule has 30 heavy (non-hydrogen) atoms. The zero-order valence-electron chi connectivity index (χ0n) is 17.5. The van der Waals surface area contributed by atoms with Crippen LogP contribution in [0.5, 0.6) is 0 Å². The molecule has 2 aromatic rings. The van der Waals surface area contributed by atoms with Crippen molar-refractivity contribution in [3.8, 4) is 0 Å². The molecule has 2 atom stereocenters. The summed E-state index contributed by atoms with van der Waals surface area (Å²) in [6, 6.07) is 9.69. The standard InChI is InChI=1S/C21H28F3N5.HI/c1-25-20(27-16-8-6-7-15(12-16)21(22,23)24)26-13-14-11-19(29(2)3)28-18-10-5-4-9-17(14)18;/h4-5,9-11,15-16H,6-8,12-13H2,1-3H3,(H2,25,26,27);1H. The normalized spacial score (nSPS) is 19.9. The highest BCUT2D eigenvalue weighted by atomic mass is 127. The zero-order chi connectivity index (χ0) is 21.0. The van der Waals surface area contributed by atoms with E-state index in [0.717, 1.165) is 28.7 Å². The molecule has 0 spiro atoms. The highest BCUT2D eigenvalue weighted by Gasteiger charge is 2.42. The fourth-order valence-electron chi connectivity index (χ4n) is 3.79. The number of anilines is 1. The summed E-state index contributed by atoms with van der Waals surface area (Å²) in [5.41, 5.74) is 1.96. The molecule has 0 saturated heterocycles. The topological polar surface area (TPSA) is 52.6 Å². The number of nitrogens with zero attached hydrogens (tertiary/aromatic N) is 3. The second-order valence-electron chi connectivity index (χ2n) is 7.72. The quantitative estimate of drug-likeness (QED) is 0.339. The molecule has 0 radical (unpaired) electrons. The van der Waals surface area contributed by atoms with Crippen molar-refractivity contribution in [2.24, 2.45) is 10.9 Å². The number of nitrogens with one attached hydrogen (secondary N) is 2. The highest BCUT2D eigenvalue weighted by Crippen LogP contribution is 2.37. The second-order valence-corrected chi connectivity index (χ2v) is 7.72. The Morgan fingerprint density at radius 3 is 2.63 bits per heavy atom. The summed E-state index contributed by atoms with van der Waals surface area (Å²) >= 11 is 0. The lowest BCUT2D eigenvalue weighted by Crippen LogP contribution is -2.46. The Morgan fingerprint density at radius 1 is 1.23 bits per heavy atom. The van der Waals surface area contributed by atoms with Crippen molar-refractivity contribution < 1.29 is 13.2 Å². The highest BCUT2D eigenvalue weighted by molar-refractivity contribution is 14.0. The molecule has 0 aliphatic heterocycles. The molecular formula is C21H29F3IN5. The third kappa shape index (κ3) is 6.12. The molecule has 3 rings (SSSR count). The van der Waals surface area contributed by atoms with E-state index in [0.29, 0.717) is 18.9 Å². The lowest BCUT2D eigenvalue weighted by atomic mass is 9.85. The minimum Gasteiger partial charge on any atom is -0.363 e. The summed E-state index contributed by atoms with van der Waals surface area (Å²) in [6.45, 7) is 0.499. The lowest BCUT2D eigenvalue weighted by Gasteiger charge is -2.32. The molecule has 2 unspecified atom stereocenters. The van der Waals surface area contributed by atoms with Gasteiger partial charge in [-0.25, -0.2) is 4.98 Å². The number of benzene rings is 1. The number of rotatable bonds is 4. The van der Waals surface area contributed by atoms with Gasteiger partial charge in [0.2, 0.25) is 0 Å². The Kier molecular flexibility index (Phi) is 8.57. The molecule has 0 bridgehead atoms. The number of guanidine groups is 1. The SMILES string of the molecule is CN=C(NCc1cc(N(C)C)nc2ccccc12)NC1CCCC(C(F)(F)F)C1.I. The molecule has 1 aliphatic rings. The van der Waals surface area contributed by atoms with Crippen molar-refractivity contribution >= 4 is 46.7 Å². The van der Waals surface area contributed by atoms with Crippen LogP contribution in [0.2, 0.25) is 0 Å². The maximum Gasteiger partial charge on any atom is 0.391 e. The smallest absolute Gasteiger partial charge is 0.363 e. The number of pyridine rings is 1. The monoisotopic (exact) mass is 535 g/mol. The van der Waals surface area contributed by atoms with Crippen molar-refractivity contribution in [1.29, 1.82) is 0 Å². The van der Waals surface area contributed by atoms with Gasteiger partial charge in [0.05, 0.1) is 11.4 Å². The minimum absolute atomic E-state index is 0. The lowest BCUT2D eigenvalue weighted by molar-refractivity contribution is -0.183. The van der Waals surface area contributed by atoms with Crippen LogP contribution in [0.3, 0.4) is 0 Å². The van der Waals surface area contributed by atoms with Crippen LogP contribution < -0.4 is 15.5 Å². The predicted molar refractivity (Wildman–Crippen MR) is 127 cm³/mol. The third-order valence-corrected chi connectivity index (χ3v) is 5.39. The van der Waals surface area contributed by atoms with Gasteiger partial charge in [0.25, 0.3) is 0 Å². The maximum atomic E-state index is 13.1. The van der Waals surface area contributed by atoms with E-state index in [-0.39, 0.29) is 42.9 Å². The molecule has 1 aliphatic carbocycles. The molecule has 1 heterocycles.